The maximum Gasteiger partial charge on any atom is 0.360 e. The molecule has 1 aliphatic rings. The van der Waals surface area contributed by atoms with E-state index in [-0.39, 0.29) is 11.7 Å². The molecule has 0 spiro atoms. The molecule has 1 aromatic heterocycles. The maximum atomic E-state index is 11.8. The topological polar surface area (TPSA) is 67.6 Å². The second-order valence-corrected chi connectivity index (χ2v) is 6.77. The van der Waals surface area contributed by atoms with Crippen LogP contribution in [0.25, 0.3) is 0 Å². The highest BCUT2D eigenvalue weighted by Crippen LogP contribution is 2.34. The SMILES string of the molecule is CN1Cc2c(OCc3ccccc3)c(C(=O)O)nn2[C@@H](c2ccccc2)C1. The molecule has 0 bridgehead atoms. The van der Waals surface area contributed by atoms with E-state index in [1.54, 1.807) is 0 Å². The average Bonchev–Trinajstić information content (AvgIpc) is 3.06. The Hall–Kier alpha value is -3.12. The zero-order chi connectivity index (χ0) is 18.8. The van der Waals surface area contributed by atoms with E-state index in [0.717, 1.165) is 23.4 Å². The largest absolute Gasteiger partial charge is 0.484 e. The van der Waals surface area contributed by atoms with Gasteiger partial charge in [0, 0.05) is 13.1 Å². The molecule has 0 amide bonds. The Kier molecular flexibility index (Phi) is 4.64. The molecule has 138 valence electrons. The smallest absolute Gasteiger partial charge is 0.360 e. The molecule has 6 heteroatoms. The summed E-state index contributed by atoms with van der Waals surface area (Å²) in [5, 5.41) is 14.1. The number of aromatic nitrogens is 2. The highest BCUT2D eigenvalue weighted by Gasteiger charge is 2.33. The first-order valence-electron chi connectivity index (χ1n) is 8.88. The van der Waals surface area contributed by atoms with Crippen molar-refractivity contribution < 1.29 is 14.6 Å². The minimum absolute atomic E-state index is 0.0304. The number of nitrogens with zero attached hydrogens (tertiary/aromatic N) is 3. The Morgan fingerprint density at radius 3 is 2.48 bits per heavy atom. The van der Waals surface area contributed by atoms with Crippen LogP contribution in [0, 0.1) is 0 Å². The molecule has 0 saturated heterocycles. The van der Waals surface area contributed by atoms with Gasteiger partial charge in [0.2, 0.25) is 5.69 Å². The molecule has 0 unspecified atom stereocenters. The van der Waals surface area contributed by atoms with E-state index in [2.05, 4.69) is 10.00 Å². The Morgan fingerprint density at radius 2 is 1.81 bits per heavy atom. The second-order valence-electron chi connectivity index (χ2n) is 6.77. The zero-order valence-electron chi connectivity index (χ0n) is 15.1. The predicted octanol–water partition coefficient (Wildman–Crippen LogP) is 3.20. The zero-order valence-corrected chi connectivity index (χ0v) is 15.1. The fourth-order valence-electron chi connectivity index (χ4n) is 3.49. The van der Waals surface area contributed by atoms with E-state index in [0.29, 0.717) is 18.9 Å². The first-order chi connectivity index (χ1) is 13.1. The number of carboxylic acids is 1. The van der Waals surface area contributed by atoms with Crippen molar-refractivity contribution in [3.8, 4) is 5.75 Å². The third-order valence-corrected chi connectivity index (χ3v) is 4.77. The number of carbonyl (C=O) groups is 1. The van der Waals surface area contributed by atoms with E-state index in [1.807, 2.05) is 72.4 Å². The average molecular weight is 363 g/mol. The number of likely N-dealkylation sites (N-methyl/N-ethyl adjacent to an activating group) is 1. The molecule has 2 aromatic carbocycles. The van der Waals surface area contributed by atoms with Crippen LogP contribution in [0.2, 0.25) is 0 Å². The second kappa shape index (κ2) is 7.25. The molecule has 2 heterocycles. The first kappa shape index (κ1) is 17.3. The first-order valence-corrected chi connectivity index (χ1v) is 8.88. The van der Waals surface area contributed by atoms with Crippen LogP contribution in [-0.4, -0.2) is 39.3 Å². The molecule has 1 aliphatic heterocycles. The van der Waals surface area contributed by atoms with Crippen molar-refractivity contribution in [2.75, 3.05) is 13.6 Å². The molecule has 27 heavy (non-hydrogen) atoms. The quantitative estimate of drug-likeness (QED) is 0.754. The van der Waals surface area contributed by atoms with Gasteiger partial charge in [0.05, 0.1) is 11.7 Å². The van der Waals surface area contributed by atoms with Crippen LogP contribution in [-0.2, 0) is 13.2 Å². The highest BCUT2D eigenvalue weighted by molar-refractivity contribution is 5.89. The van der Waals surface area contributed by atoms with Crippen LogP contribution in [0.3, 0.4) is 0 Å². The van der Waals surface area contributed by atoms with Gasteiger partial charge in [-0.3, -0.25) is 9.58 Å². The summed E-state index contributed by atoms with van der Waals surface area (Å²) in [6, 6.07) is 19.7. The van der Waals surface area contributed by atoms with Gasteiger partial charge in [-0.2, -0.15) is 5.10 Å². The lowest BCUT2D eigenvalue weighted by atomic mass is 10.0. The van der Waals surface area contributed by atoms with E-state index < -0.39 is 5.97 Å². The van der Waals surface area contributed by atoms with Gasteiger partial charge in [-0.05, 0) is 18.2 Å². The van der Waals surface area contributed by atoms with Crippen molar-refractivity contribution in [2.24, 2.45) is 0 Å². The molecule has 4 rings (SSSR count). The molecular weight excluding hydrogens is 342 g/mol. The summed E-state index contributed by atoms with van der Waals surface area (Å²) >= 11 is 0. The van der Waals surface area contributed by atoms with Crippen molar-refractivity contribution in [1.29, 1.82) is 0 Å². The van der Waals surface area contributed by atoms with Gasteiger partial charge in [-0.15, -0.1) is 0 Å². The number of benzene rings is 2. The fourth-order valence-corrected chi connectivity index (χ4v) is 3.49. The molecule has 1 atom stereocenters. The van der Waals surface area contributed by atoms with Crippen LogP contribution in [0.5, 0.6) is 5.75 Å². The molecule has 0 aliphatic carbocycles. The number of carboxylic acid groups (broad SMARTS) is 1. The lowest BCUT2D eigenvalue weighted by molar-refractivity contribution is 0.0684. The standard InChI is InChI=1S/C21H21N3O3/c1-23-12-17(16-10-6-3-7-11-16)24-18(13-23)20(19(22-24)21(25)26)27-14-15-8-4-2-5-9-15/h2-11,17H,12-14H2,1H3,(H,25,26)/t17-/m1/s1. The molecule has 0 radical (unpaired) electrons. The number of rotatable bonds is 5. The molecule has 0 fully saturated rings. The number of fused-ring (bicyclic) bond motifs is 1. The molecule has 3 aromatic rings. The molecule has 0 saturated carbocycles. The lowest BCUT2D eigenvalue weighted by Crippen LogP contribution is -2.35. The van der Waals surface area contributed by atoms with E-state index in [9.17, 15) is 9.90 Å². The van der Waals surface area contributed by atoms with Gasteiger partial charge in [-0.1, -0.05) is 60.7 Å². The normalized spacial score (nSPS) is 16.7. The maximum absolute atomic E-state index is 11.8. The molecule has 1 N–H and O–H groups in total. The van der Waals surface area contributed by atoms with E-state index in [1.165, 1.54) is 0 Å². The van der Waals surface area contributed by atoms with Crippen LogP contribution in [0.15, 0.2) is 60.7 Å². The van der Waals surface area contributed by atoms with Gasteiger partial charge in [0.25, 0.3) is 0 Å². The summed E-state index contributed by atoms with van der Waals surface area (Å²) in [4.78, 5) is 14.0. The van der Waals surface area contributed by atoms with Crippen molar-refractivity contribution in [1.82, 2.24) is 14.7 Å². The third-order valence-electron chi connectivity index (χ3n) is 4.77. The summed E-state index contributed by atoms with van der Waals surface area (Å²) in [6.07, 6.45) is 0. The van der Waals surface area contributed by atoms with Gasteiger partial charge < -0.3 is 9.84 Å². The summed E-state index contributed by atoms with van der Waals surface area (Å²) in [5.41, 5.74) is 2.85. The third kappa shape index (κ3) is 3.44. The highest BCUT2D eigenvalue weighted by atomic mass is 16.5. The number of aromatic carboxylic acids is 1. The minimum Gasteiger partial charge on any atom is -0.484 e. The number of ether oxygens (including phenoxy) is 1. The van der Waals surface area contributed by atoms with Crippen molar-refractivity contribution in [2.45, 2.75) is 19.2 Å². The van der Waals surface area contributed by atoms with Crippen molar-refractivity contribution in [3.63, 3.8) is 0 Å². The fraction of sp³-hybridized carbons (Fsp3) is 0.238. The van der Waals surface area contributed by atoms with Crippen LogP contribution in [0.1, 0.15) is 33.4 Å². The van der Waals surface area contributed by atoms with E-state index in [4.69, 9.17) is 4.74 Å². The summed E-state index contributed by atoms with van der Waals surface area (Å²) in [5.74, 6) is -0.715. The van der Waals surface area contributed by atoms with Gasteiger partial charge in [0.1, 0.15) is 6.61 Å². The summed E-state index contributed by atoms with van der Waals surface area (Å²) < 4.78 is 7.78. The monoisotopic (exact) mass is 363 g/mol. The predicted molar refractivity (Wildman–Crippen MR) is 101 cm³/mol. The number of hydrogen-bond acceptors (Lipinski definition) is 4. The van der Waals surface area contributed by atoms with Gasteiger partial charge in [0.15, 0.2) is 5.75 Å². The Morgan fingerprint density at radius 1 is 1.15 bits per heavy atom. The number of hydrogen-bond donors (Lipinski definition) is 1. The minimum atomic E-state index is -1.07. The van der Waals surface area contributed by atoms with Gasteiger partial charge in [-0.25, -0.2) is 4.79 Å². The summed E-state index contributed by atoms with van der Waals surface area (Å²) in [6.45, 7) is 1.66. The molecular formula is C21H21N3O3. The van der Waals surface area contributed by atoms with Crippen LogP contribution >= 0.6 is 0 Å². The van der Waals surface area contributed by atoms with Crippen molar-refractivity contribution in [3.05, 3.63) is 83.2 Å². The molecule has 6 nitrogen and oxygen atoms in total. The van der Waals surface area contributed by atoms with Crippen LogP contribution in [0.4, 0.5) is 0 Å². The lowest BCUT2D eigenvalue weighted by Gasteiger charge is -2.31. The van der Waals surface area contributed by atoms with Crippen molar-refractivity contribution >= 4 is 5.97 Å². The Bertz CT molecular complexity index is 938. The summed E-state index contributed by atoms with van der Waals surface area (Å²) in [7, 11) is 2.02. The van der Waals surface area contributed by atoms with Crippen LogP contribution < -0.4 is 4.74 Å². The Labute approximate surface area is 157 Å². The van der Waals surface area contributed by atoms with E-state index >= 15 is 0 Å². The van der Waals surface area contributed by atoms with Gasteiger partial charge >= 0.3 is 5.97 Å². The Balaban J connectivity index is 1.73.